The second-order valence-corrected chi connectivity index (χ2v) is 12.9. The number of hydrogen-bond acceptors (Lipinski definition) is 6. The lowest BCUT2D eigenvalue weighted by Gasteiger charge is -2.42. The number of piperidine rings is 1. The Morgan fingerprint density at radius 1 is 1.02 bits per heavy atom. The van der Waals surface area contributed by atoms with Crippen LogP contribution in [0.4, 0.5) is 10.3 Å². The zero-order chi connectivity index (χ0) is 29.7. The van der Waals surface area contributed by atoms with Crippen molar-refractivity contribution >= 4 is 16.9 Å². The van der Waals surface area contributed by atoms with E-state index in [-0.39, 0.29) is 18.4 Å². The molecule has 3 aromatic rings. The number of rotatable bonds is 13. The summed E-state index contributed by atoms with van der Waals surface area (Å²) in [6, 6.07) is 8.50. The van der Waals surface area contributed by atoms with Crippen LogP contribution in [-0.4, -0.2) is 70.7 Å². The SMILES string of the molecule is CCCCOC(OCCCC)C1CCN(c2ncc([C@@H]3c4[nH]c5ccccc5c4C[C@@H](C)N3CC(C)(C)F)cn2)CC1. The zero-order valence-corrected chi connectivity index (χ0v) is 26.2. The molecule has 230 valence electrons. The third-order valence-electron chi connectivity index (χ3n) is 8.82. The first-order valence-electron chi connectivity index (χ1n) is 16.1. The number of aromatic amines is 1. The third kappa shape index (κ3) is 7.14. The van der Waals surface area contributed by atoms with E-state index in [2.05, 4.69) is 59.8 Å². The Hall–Kier alpha value is -2.55. The Labute approximate surface area is 251 Å². The van der Waals surface area contributed by atoms with Gasteiger partial charge in [0, 0.05) is 79.4 Å². The number of aromatic nitrogens is 3. The summed E-state index contributed by atoms with van der Waals surface area (Å²) in [5, 5.41) is 1.25. The van der Waals surface area contributed by atoms with Crippen LogP contribution in [0.3, 0.4) is 0 Å². The summed E-state index contributed by atoms with van der Waals surface area (Å²) in [5.74, 6) is 1.14. The number of benzene rings is 1. The van der Waals surface area contributed by atoms with Crippen LogP contribution < -0.4 is 4.90 Å². The Morgan fingerprint density at radius 2 is 1.67 bits per heavy atom. The largest absolute Gasteiger partial charge is 0.357 e. The lowest BCUT2D eigenvalue weighted by atomic mass is 9.88. The Bertz CT molecular complexity index is 1260. The van der Waals surface area contributed by atoms with Crippen molar-refractivity contribution in [3.05, 3.63) is 53.5 Å². The number of ether oxygens (including phenoxy) is 2. The maximum Gasteiger partial charge on any atom is 0.225 e. The molecule has 0 saturated carbocycles. The number of nitrogens with zero attached hydrogens (tertiary/aromatic N) is 4. The van der Waals surface area contributed by atoms with E-state index >= 15 is 4.39 Å². The fourth-order valence-electron chi connectivity index (χ4n) is 6.56. The molecule has 8 heteroatoms. The van der Waals surface area contributed by atoms with Gasteiger partial charge in [-0.05, 0) is 64.5 Å². The quantitative estimate of drug-likeness (QED) is 0.170. The number of para-hydroxylation sites is 1. The van der Waals surface area contributed by atoms with Gasteiger partial charge < -0.3 is 19.4 Å². The highest BCUT2D eigenvalue weighted by molar-refractivity contribution is 5.85. The van der Waals surface area contributed by atoms with Gasteiger partial charge >= 0.3 is 0 Å². The first kappa shape index (κ1) is 30.9. The van der Waals surface area contributed by atoms with Crippen molar-refractivity contribution in [2.45, 2.75) is 104 Å². The van der Waals surface area contributed by atoms with Gasteiger partial charge in [-0.25, -0.2) is 14.4 Å². The van der Waals surface area contributed by atoms with Crippen LogP contribution in [0.5, 0.6) is 0 Å². The number of nitrogens with one attached hydrogen (secondary N) is 1. The Kier molecular flexibility index (Phi) is 10.2. The average molecular weight is 580 g/mol. The average Bonchev–Trinajstić information content (AvgIpc) is 3.34. The fourth-order valence-corrected chi connectivity index (χ4v) is 6.56. The number of hydrogen-bond donors (Lipinski definition) is 1. The first-order valence-corrected chi connectivity index (χ1v) is 16.1. The van der Waals surface area contributed by atoms with Crippen molar-refractivity contribution < 1.29 is 13.9 Å². The summed E-state index contributed by atoms with van der Waals surface area (Å²) in [7, 11) is 0. The molecule has 2 atom stereocenters. The monoisotopic (exact) mass is 579 g/mol. The van der Waals surface area contributed by atoms with E-state index < -0.39 is 5.67 Å². The highest BCUT2D eigenvalue weighted by Crippen LogP contribution is 2.41. The maximum absolute atomic E-state index is 15.1. The van der Waals surface area contributed by atoms with E-state index in [1.54, 1.807) is 13.8 Å². The lowest BCUT2D eigenvalue weighted by molar-refractivity contribution is -0.177. The minimum absolute atomic E-state index is 0.127. The molecule has 0 unspecified atom stereocenters. The number of halogens is 1. The van der Waals surface area contributed by atoms with Crippen LogP contribution in [0.25, 0.3) is 10.9 Å². The van der Waals surface area contributed by atoms with E-state index in [1.807, 2.05) is 12.4 Å². The van der Waals surface area contributed by atoms with Crippen molar-refractivity contribution in [1.29, 1.82) is 0 Å². The molecular weight excluding hydrogens is 529 g/mol. The zero-order valence-electron chi connectivity index (χ0n) is 26.2. The van der Waals surface area contributed by atoms with Gasteiger partial charge in [0.05, 0.1) is 6.04 Å². The van der Waals surface area contributed by atoms with Gasteiger partial charge in [-0.3, -0.25) is 4.90 Å². The maximum atomic E-state index is 15.1. The van der Waals surface area contributed by atoms with Gasteiger partial charge in [0.15, 0.2) is 6.29 Å². The molecule has 7 nitrogen and oxygen atoms in total. The van der Waals surface area contributed by atoms with Crippen molar-refractivity contribution in [1.82, 2.24) is 19.9 Å². The number of unbranched alkanes of at least 4 members (excludes halogenated alkanes) is 2. The standard InChI is InChI=1S/C34H50FN5O2/c1-6-8-18-41-32(42-19-9-7-2)25-14-16-39(17-15-25)33-36-21-26(22-37-33)31-30-28(27-12-10-11-13-29(27)38-30)20-24(3)40(31)23-34(4,5)35/h10-13,21-22,24-25,31-32,38H,6-9,14-20,23H2,1-5H3/t24-,31-/m1/s1. The van der Waals surface area contributed by atoms with Crippen molar-refractivity contribution in [3.63, 3.8) is 0 Å². The fraction of sp³-hybridized carbons (Fsp3) is 0.647. The van der Waals surface area contributed by atoms with E-state index in [0.717, 1.165) is 94.0 Å². The summed E-state index contributed by atoms with van der Waals surface area (Å²) in [5.41, 5.74) is 3.24. The Morgan fingerprint density at radius 3 is 2.29 bits per heavy atom. The minimum Gasteiger partial charge on any atom is -0.357 e. The van der Waals surface area contributed by atoms with E-state index in [1.165, 1.54) is 10.9 Å². The smallest absolute Gasteiger partial charge is 0.225 e. The highest BCUT2D eigenvalue weighted by Gasteiger charge is 2.39. The molecule has 0 bridgehead atoms. The van der Waals surface area contributed by atoms with Crippen LogP contribution in [0.2, 0.25) is 0 Å². The summed E-state index contributed by atoms with van der Waals surface area (Å²) in [6.45, 7) is 13.5. The molecule has 42 heavy (non-hydrogen) atoms. The molecule has 2 aliphatic rings. The number of alkyl halides is 1. The van der Waals surface area contributed by atoms with Crippen LogP contribution in [-0.2, 0) is 15.9 Å². The van der Waals surface area contributed by atoms with Crippen LogP contribution in [0.1, 0.15) is 96.0 Å². The molecule has 1 aromatic carbocycles. The third-order valence-corrected chi connectivity index (χ3v) is 8.82. The van der Waals surface area contributed by atoms with E-state index in [4.69, 9.17) is 19.4 Å². The van der Waals surface area contributed by atoms with Gasteiger partial charge in [0.25, 0.3) is 0 Å². The predicted octanol–water partition coefficient (Wildman–Crippen LogP) is 7.22. The molecule has 1 N–H and O–H groups in total. The predicted molar refractivity (Wildman–Crippen MR) is 168 cm³/mol. The molecule has 5 rings (SSSR count). The van der Waals surface area contributed by atoms with Crippen molar-refractivity contribution in [2.75, 3.05) is 37.7 Å². The van der Waals surface area contributed by atoms with Gasteiger partial charge in [0.1, 0.15) is 5.67 Å². The van der Waals surface area contributed by atoms with Gasteiger partial charge in [0.2, 0.25) is 5.95 Å². The summed E-state index contributed by atoms with van der Waals surface area (Å²) >= 11 is 0. The summed E-state index contributed by atoms with van der Waals surface area (Å²) in [4.78, 5) is 18.0. The topological polar surface area (TPSA) is 66.5 Å². The Balaban J connectivity index is 1.32. The van der Waals surface area contributed by atoms with Crippen LogP contribution >= 0.6 is 0 Å². The van der Waals surface area contributed by atoms with E-state index in [0.29, 0.717) is 12.5 Å². The second-order valence-electron chi connectivity index (χ2n) is 12.9. The molecule has 0 amide bonds. The first-order chi connectivity index (χ1) is 20.3. The highest BCUT2D eigenvalue weighted by atomic mass is 19.1. The molecule has 1 fully saturated rings. The van der Waals surface area contributed by atoms with Crippen LogP contribution in [0.15, 0.2) is 36.7 Å². The summed E-state index contributed by atoms with van der Waals surface area (Å²) in [6.07, 6.45) is 11.0. The minimum atomic E-state index is -1.32. The number of H-pyrrole nitrogens is 1. The molecule has 0 aliphatic carbocycles. The number of fused-ring (bicyclic) bond motifs is 3. The van der Waals surface area contributed by atoms with Gasteiger partial charge in [-0.1, -0.05) is 44.9 Å². The molecule has 1 saturated heterocycles. The number of anilines is 1. The van der Waals surface area contributed by atoms with Crippen LogP contribution in [0, 0.1) is 5.92 Å². The molecule has 0 spiro atoms. The normalized spacial score (nSPS) is 20.5. The molecule has 2 aliphatic heterocycles. The van der Waals surface area contributed by atoms with Gasteiger partial charge in [-0.2, -0.15) is 0 Å². The molecule has 0 radical (unpaired) electrons. The summed E-state index contributed by atoms with van der Waals surface area (Å²) < 4.78 is 27.5. The van der Waals surface area contributed by atoms with Gasteiger partial charge in [-0.15, -0.1) is 0 Å². The van der Waals surface area contributed by atoms with Crippen molar-refractivity contribution in [3.8, 4) is 0 Å². The van der Waals surface area contributed by atoms with E-state index in [9.17, 15) is 0 Å². The van der Waals surface area contributed by atoms with Crippen molar-refractivity contribution in [2.24, 2.45) is 5.92 Å². The molecule has 2 aromatic heterocycles. The molecular formula is C34H50FN5O2. The lowest BCUT2D eigenvalue weighted by Crippen LogP contribution is -2.47. The second kappa shape index (κ2) is 13.8. The molecule has 4 heterocycles.